The quantitative estimate of drug-likeness (QED) is 0.640. The maximum absolute atomic E-state index is 12.9. The first-order chi connectivity index (χ1) is 13.9. The molecule has 29 heavy (non-hydrogen) atoms. The Morgan fingerprint density at radius 2 is 1.72 bits per heavy atom. The summed E-state index contributed by atoms with van der Waals surface area (Å²) < 4.78 is 19.3. The molecular formula is C20H19FN4O4. The number of nitrogens with zero attached hydrogens (tertiary/aromatic N) is 2. The molecule has 1 aromatic heterocycles. The van der Waals surface area contributed by atoms with Crippen molar-refractivity contribution in [3.05, 3.63) is 70.4 Å². The highest BCUT2D eigenvalue weighted by atomic mass is 19.1. The molecule has 0 bridgehead atoms. The zero-order chi connectivity index (χ0) is 21.0. The molecule has 0 spiro atoms. The van der Waals surface area contributed by atoms with E-state index in [1.54, 1.807) is 38.1 Å². The second kappa shape index (κ2) is 8.51. The smallest absolute Gasteiger partial charge is 0.290 e. The van der Waals surface area contributed by atoms with Crippen LogP contribution < -0.4 is 21.1 Å². The molecule has 3 rings (SSSR count). The highest BCUT2D eigenvalue weighted by molar-refractivity contribution is 6.05. The number of carbonyl (C=O) groups is 2. The molecule has 0 unspecified atom stereocenters. The summed E-state index contributed by atoms with van der Waals surface area (Å²) >= 11 is 0. The third-order valence-corrected chi connectivity index (χ3v) is 4.03. The van der Waals surface area contributed by atoms with E-state index in [4.69, 9.17) is 4.74 Å². The fraction of sp³-hybridized carbons (Fsp3) is 0.200. The van der Waals surface area contributed by atoms with Crippen molar-refractivity contribution in [3.63, 3.8) is 0 Å². The number of carbonyl (C=O) groups excluding carboxylic acids is 2. The van der Waals surface area contributed by atoms with Crippen LogP contribution in [0.4, 0.5) is 4.39 Å². The molecule has 0 atom stereocenters. The van der Waals surface area contributed by atoms with E-state index in [9.17, 15) is 18.8 Å². The fourth-order valence-electron chi connectivity index (χ4n) is 2.63. The average Bonchev–Trinajstić information content (AvgIpc) is 2.71. The summed E-state index contributed by atoms with van der Waals surface area (Å²) in [5, 5.41) is 4.89. The monoisotopic (exact) mass is 398 g/mol. The number of benzene rings is 2. The van der Waals surface area contributed by atoms with Gasteiger partial charge in [-0.05, 0) is 44.2 Å². The van der Waals surface area contributed by atoms with Gasteiger partial charge in [0, 0.05) is 5.39 Å². The maximum atomic E-state index is 12.9. The van der Waals surface area contributed by atoms with Gasteiger partial charge in [-0.15, -0.1) is 0 Å². The van der Waals surface area contributed by atoms with E-state index in [1.807, 2.05) is 0 Å². The zero-order valence-electron chi connectivity index (χ0n) is 15.8. The first-order valence-electron chi connectivity index (χ1n) is 8.86. The van der Waals surface area contributed by atoms with E-state index in [2.05, 4.69) is 16.0 Å². The summed E-state index contributed by atoms with van der Waals surface area (Å²) in [5.74, 6) is -1.41. The molecule has 0 aliphatic rings. The van der Waals surface area contributed by atoms with Crippen LogP contribution in [0, 0.1) is 5.82 Å². The lowest BCUT2D eigenvalue weighted by atomic mass is 10.1. The van der Waals surface area contributed by atoms with E-state index >= 15 is 0 Å². The molecule has 2 amide bonds. The third kappa shape index (κ3) is 4.57. The van der Waals surface area contributed by atoms with E-state index in [0.29, 0.717) is 16.5 Å². The molecule has 0 aliphatic heterocycles. The molecule has 1 heterocycles. The Hall–Kier alpha value is -3.75. The van der Waals surface area contributed by atoms with Gasteiger partial charge < -0.3 is 4.74 Å². The number of hydrazine groups is 1. The van der Waals surface area contributed by atoms with Crippen LogP contribution in [0.25, 0.3) is 10.8 Å². The number of hydrogen-bond donors (Lipinski definition) is 2. The van der Waals surface area contributed by atoms with Crippen LogP contribution in [0.5, 0.6) is 5.75 Å². The van der Waals surface area contributed by atoms with Crippen molar-refractivity contribution < 1.29 is 18.7 Å². The van der Waals surface area contributed by atoms with E-state index < -0.39 is 17.6 Å². The molecule has 2 N–H and O–H groups in total. The van der Waals surface area contributed by atoms with Crippen LogP contribution in [0.3, 0.4) is 0 Å². The van der Waals surface area contributed by atoms with Gasteiger partial charge in [-0.25, -0.2) is 9.07 Å². The summed E-state index contributed by atoms with van der Waals surface area (Å²) in [5.41, 5.74) is 4.20. The Bertz CT molecular complexity index is 1110. The number of rotatable bonds is 5. The minimum Gasteiger partial charge on any atom is -0.484 e. The molecule has 0 fully saturated rings. The predicted octanol–water partition coefficient (Wildman–Crippen LogP) is 1.96. The van der Waals surface area contributed by atoms with Crippen LogP contribution in [0.1, 0.15) is 30.4 Å². The number of halogens is 1. The molecule has 0 saturated carbocycles. The topological polar surface area (TPSA) is 102 Å². The molecule has 2 aromatic carbocycles. The second-order valence-electron chi connectivity index (χ2n) is 6.48. The van der Waals surface area contributed by atoms with Crippen LogP contribution in [-0.2, 0) is 4.79 Å². The average molecular weight is 398 g/mol. The van der Waals surface area contributed by atoms with Crippen LogP contribution in [0.15, 0.2) is 53.3 Å². The number of hydrogen-bond acceptors (Lipinski definition) is 5. The highest BCUT2D eigenvalue weighted by Crippen LogP contribution is 2.14. The SMILES string of the molecule is CC(C)n1nc(C(=O)NNC(=O)COc2ccc(F)cc2)c2ccccc2c1=O. The maximum Gasteiger partial charge on any atom is 0.290 e. The number of amides is 2. The van der Waals surface area contributed by atoms with Crippen molar-refractivity contribution in [2.24, 2.45) is 0 Å². The van der Waals surface area contributed by atoms with Gasteiger partial charge in [0.2, 0.25) is 0 Å². The lowest BCUT2D eigenvalue weighted by Gasteiger charge is -2.14. The lowest BCUT2D eigenvalue weighted by molar-refractivity contribution is -0.123. The van der Waals surface area contributed by atoms with Gasteiger partial charge in [0.25, 0.3) is 17.4 Å². The summed E-state index contributed by atoms with van der Waals surface area (Å²) in [7, 11) is 0. The van der Waals surface area contributed by atoms with Crippen LogP contribution in [0.2, 0.25) is 0 Å². The van der Waals surface area contributed by atoms with Crippen LogP contribution in [-0.4, -0.2) is 28.2 Å². The fourth-order valence-corrected chi connectivity index (χ4v) is 2.63. The van der Waals surface area contributed by atoms with Gasteiger partial charge in [-0.1, -0.05) is 18.2 Å². The lowest BCUT2D eigenvalue weighted by Crippen LogP contribution is -2.44. The number of fused-ring (bicyclic) bond motifs is 1. The minimum absolute atomic E-state index is 0.00801. The van der Waals surface area contributed by atoms with Crippen molar-refractivity contribution in [1.29, 1.82) is 0 Å². The largest absolute Gasteiger partial charge is 0.484 e. The Labute approximate surface area is 165 Å². The first-order valence-corrected chi connectivity index (χ1v) is 8.86. The van der Waals surface area contributed by atoms with Crippen molar-refractivity contribution in [2.45, 2.75) is 19.9 Å². The van der Waals surface area contributed by atoms with Gasteiger partial charge in [-0.2, -0.15) is 5.10 Å². The van der Waals surface area contributed by atoms with E-state index in [1.165, 1.54) is 28.9 Å². The molecule has 3 aromatic rings. The summed E-state index contributed by atoms with van der Waals surface area (Å²) in [6.07, 6.45) is 0. The minimum atomic E-state index is -0.675. The van der Waals surface area contributed by atoms with E-state index in [0.717, 1.165) is 0 Å². The first kappa shape index (κ1) is 20.0. The highest BCUT2D eigenvalue weighted by Gasteiger charge is 2.18. The Morgan fingerprint density at radius 1 is 1.07 bits per heavy atom. The summed E-state index contributed by atoms with van der Waals surface area (Å²) in [6, 6.07) is 11.5. The van der Waals surface area contributed by atoms with Gasteiger partial charge in [0.1, 0.15) is 11.6 Å². The van der Waals surface area contributed by atoms with Crippen molar-refractivity contribution in [2.75, 3.05) is 6.61 Å². The van der Waals surface area contributed by atoms with Crippen molar-refractivity contribution >= 4 is 22.6 Å². The molecule has 8 nitrogen and oxygen atoms in total. The molecule has 0 radical (unpaired) electrons. The zero-order valence-corrected chi connectivity index (χ0v) is 15.8. The van der Waals surface area contributed by atoms with Gasteiger partial charge in [-0.3, -0.25) is 25.2 Å². The number of ether oxygens (including phenoxy) is 1. The Morgan fingerprint density at radius 3 is 2.38 bits per heavy atom. The van der Waals surface area contributed by atoms with Crippen molar-refractivity contribution in [1.82, 2.24) is 20.6 Å². The molecule has 150 valence electrons. The van der Waals surface area contributed by atoms with Gasteiger partial charge in [0.05, 0.1) is 11.4 Å². The second-order valence-corrected chi connectivity index (χ2v) is 6.48. The Balaban J connectivity index is 1.71. The summed E-state index contributed by atoms with van der Waals surface area (Å²) in [4.78, 5) is 37.0. The molecular weight excluding hydrogens is 379 g/mol. The van der Waals surface area contributed by atoms with Crippen LogP contribution >= 0.6 is 0 Å². The predicted molar refractivity (Wildman–Crippen MR) is 104 cm³/mol. The number of nitrogens with one attached hydrogen (secondary N) is 2. The Kier molecular flexibility index (Phi) is 5.87. The molecule has 0 saturated heterocycles. The van der Waals surface area contributed by atoms with Gasteiger partial charge >= 0.3 is 0 Å². The summed E-state index contributed by atoms with van der Waals surface area (Å²) in [6.45, 7) is 3.17. The normalized spacial score (nSPS) is 10.8. The van der Waals surface area contributed by atoms with Gasteiger partial charge in [0.15, 0.2) is 12.3 Å². The standard InChI is InChI=1S/C20H19FN4O4/c1-12(2)25-20(28)16-6-4-3-5-15(16)18(24-25)19(27)23-22-17(26)11-29-14-9-7-13(21)8-10-14/h3-10,12H,11H2,1-2H3,(H,22,26)(H,23,27). The molecule has 0 aliphatic carbocycles. The third-order valence-electron chi connectivity index (χ3n) is 4.03. The van der Waals surface area contributed by atoms with Crippen molar-refractivity contribution in [3.8, 4) is 5.75 Å². The van der Waals surface area contributed by atoms with E-state index in [-0.39, 0.29) is 23.9 Å². The number of aromatic nitrogens is 2. The molecule has 9 heteroatoms.